The standard InChI is InChI=1S/C20H24N4O/c25-20(14-16-15-21-19-8-2-1-7-18(16)19)24-12-4-3-6-17(24)9-13-23-11-5-10-22-23/h1-2,5,7-8,10-11,15,17,21H,3-4,6,9,12-14H2/t17-/m1/s1. The van der Waals surface area contributed by atoms with Crippen LogP contribution in [0.4, 0.5) is 0 Å². The molecule has 3 heterocycles. The second-order valence-electron chi connectivity index (χ2n) is 6.83. The fraction of sp³-hybridized carbons (Fsp3) is 0.400. The van der Waals surface area contributed by atoms with Crippen LogP contribution in [0, 0.1) is 0 Å². The summed E-state index contributed by atoms with van der Waals surface area (Å²) in [7, 11) is 0. The molecule has 0 aliphatic carbocycles. The van der Waals surface area contributed by atoms with E-state index in [2.05, 4.69) is 27.1 Å². The minimum Gasteiger partial charge on any atom is -0.361 e. The molecule has 5 heteroatoms. The Morgan fingerprint density at radius 2 is 2.16 bits per heavy atom. The number of aromatic amines is 1. The van der Waals surface area contributed by atoms with Crippen molar-refractivity contribution < 1.29 is 4.79 Å². The van der Waals surface area contributed by atoms with Gasteiger partial charge in [0.25, 0.3) is 0 Å². The summed E-state index contributed by atoms with van der Waals surface area (Å²) in [4.78, 5) is 18.3. The summed E-state index contributed by atoms with van der Waals surface area (Å²) in [5.74, 6) is 0.245. The van der Waals surface area contributed by atoms with Gasteiger partial charge < -0.3 is 9.88 Å². The number of benzene rings is 1. The number of carbonyl (C=O) groups is 1. The van der Waals surface area contributed by atoms with E-state index in [0.29, 0.717) is 12.5 Å². The smallest absolute Gasteiger partial charge is 0.227 e. The maximum Gasteiger partial charge on any atom is 0.227 e. The van der Waals surface area contributed by atoms with Crippen molar-refractivity contribution in [2.24, 2.45) is 0 Å². The molecule has 130 valence electrons. The van der Waals surface area contributed by atoms with Crippen molar-refractivity contribution in [3.8, 4) is 0 Å². The van der Waals surface area contributed by atoms with Crippen LogP contribution in [0.3, 0.4) is 0 Å². The molecule has 0 bridgehead atoms. The highest BCUT2D eigenvalue weighted by molar-refractivity contribution is 5.89. The third kappa shape index (κ3) is 3.45. The number of carbonyl (C=O) groups excluding carboxylic acids is 1. The van der Waals surface area contributed by atoms with Crippen LogP contribution in [0.5, 0.6) is 0 Å². The van der Waals surface area contributed by atoms with Crippen LogP contribution in [-0.2, 0) is 17.8 Å². The first kappa shape index (κ1) is 15.9. The Morgan fingerprint density at radius 1 is 1.24 bits per heavy atom. The highest BCUT2D eigenvalue weighted by Gasteiger charge is 2.26. The predicted octanol–water partition coefficient (Wildman–Crippen LogP) is 3.38. The number of hydrogen-bond acceptors (Lipinski definition) is 2. The summed E-state index contributed by atoms with van der Waals surface area (Å²) in [6.07, 6.45) is 10.6. The predicted molar refractivity (Wildman–Crippen MR) is 98.2 cm³/mol. The van der Waals surface area contributed by atoms with Gasteiger partial charge in [-0.05, 0) is 43.4 Å². The van der Waals surface area contributed by atoms with Gasteiger partial charge in [0.2, 0.25) is 5.91 Å². The Bertz CT molecular complexity index is 836. The number of rotatable bonds is 5. The molecule has 5 nitrogen and oxygen atoms in total. The van der Waals surface area contributed by atoms with E-state index in [1.807, 2.05) is 35.3 Å². The molecule has 0 unspecified atom stereocenters. The maximum absolute atomic E-state index is 13.0. The largest absolute Gasteiger partial charge is 0.361 e. The van der Waals surface area contributed by atoms with Crippen molar-refractivity contribution in [3.05, 3.63) is 54.5 Å². The number of nitrogens with one attached hydrogen (secondary N) is 1. The number of para-hydroxylation sites is 1. The number of amides is 1. The third-order valence-corrected chi connectivity index (χ3v) is 5.21. The molecule has 25 heavy (non-hydrogen) atoms. The molecule has 1 N–H and O–H groups in total. The van der Waals surface area contributed by atoms with Crippen molar-refractivity contribution >= 4 is 16.8 Å². The molecular weight excluding hydrogens is 312 g/mol. The molecule has 1 amide bonds. The normalized spacial score (nSPS) is 17.9. The van der Waals surface area contributed by atoms with Crippen LogP contribution >= 0.6 is 0 Å². The van der Waals surface area contributed by atoms with E-state index in [1.165, 1.54) is 6.42 Å². The topological polar surface area (TPSA) is 53.9 Å². The fourth-order valence-corrected chi connectivity index (χ4v) is 3.89. The summed E-state index contributed by atoms with van der Waals surface area (Å²) in [5.41, 5.74) is 2.19. The average molecular weight is 336 g/mol. The number of hydrogen-bond donors (Lipinski definition) is 1. The lowest BCUT2D eigenvalue weighted by Crippen LogP contribution is -2.44. The first-order valence-electron chi connectivity index (χ1n) is 9.13. The summed E-state index contributed by atoms with van der Waals surface area (Å²) in [6.45, 7) is 1.75. The summed E-state index contributed by atoms with van der Waals surface area (Å²) >= 11 is 0. The quantitative estimate of drug-likeness (QED) is 0.776. The van der Waals surface area contributed by atoms with Gasteiger partial charge in [-0.2, -0.15) is 5.10 Å². The van der Waals surface area contributed by atoms with Crippen LogP contribution in [0.2, 0.25) is 0 Å². The van der Waals surface area contributed by atoms with E-state index < -0.39 is 0 Å². The van der Waals surface area contributed by atoms with Crippen LogP contribution in [0.15, 0.2) is 48.9 Å². The van der Waals surface area contributed by atoms with Crippen molar-refractivity contribution in [1.82, 2.24) is 19.7 Å². The van der Waals surface area contributed by atoms with E-state index in [1.54, 1.807) is 6.20 Å². The van der Waals surface area contributed by atoms with E-state index in [4.69, 9.17) is 0 Å². The molecule has 1 aliphatic heterocycles. The second kappa shape index (κ2) is 7.13. The van der Waals surface area contributed by atoms with Gasteiger partial charge in [-0.1, -0.05) is 18.2 Å². The lowest BCUT2D eigenvalue weighted by atomic mass is 9.98. The monoisotopic (exact) mass is 336 g/mol. The molecule has 0 spiro atoms. The summed E-state index contributed by atoms with van der Waals surface area (Å²) in [5, 5.41) is 5.43. The SMILES string of the molecule is O=C(Cc1c[nH]c2ccccc12)N1CCCC[C@@H]1CCn1cccn1. The minimum atomic E-state index is 0.245. The van der Waals surface area contributed by atoms with Crippen molar-refractivity contribution in [2.45, 2.75) is 44.7 Å². The van der Waals surface area contributed by atoms with Crippen LogP contribution in [0.1, 0.15) is 31.2 Å². The lowest BCUT2D eigenvalue weighted by Gasteiger charge is -2.36. The Balaban J connectivity index is 1.45. The first-order valence-corrected chi connectivity index (χ1v) is 9.13. The molecule has 3 aromatic rings. The maximum atomic E-state index is 13.0. The van der Waals surface area contributed by atoms with Gasteiger partial charge in [-0.25, -0.2) is 0 Å². The van der Waals surface area contributed by atoms with Crippen molar-refractivity contribution in [1.29, 1.82) is 0 Å². The van der Waals surface area contributed by atoms with Crippen molar-refractivity contribution in [3.63, 3.8) is 0 Å². The summed E-state index contributed by atoms with van der Waals surface area (Å²) < 4.78 is 1.96. The highest BCUT2D eigenvalue weighted by atomic mass is 16.2. The molecule has 1 atom stereocenters. The van der Waals surface area contributed by atoms with Gasteiger partial charge >= 0.3 is 0 Å². The van der Waals surface area contributed by atoms with E-state index in [-0.39, 0.29) is 5.91 Å². The number of fused-ring (bicyclic) bond motifs is 1. The zero-order valence-corrected chi connectivity index (χ0v) is 14.4. The zero-order chi connectivity index (χ0) is 17.1. The molecular formula is C20H24N4O. The molecule has 0 saturated carbocycles. The molecule has 1 aromatic carbocycles. The van der Waals surface area contributed by atoms with E-state index >= 15 is 0 Å². The highest BCUT2D eigenvalue weighted by Crippen LogP contribution is 2.23. The second-order valence-corrected chi connectivity index (χ2v) is 6.83. The average Bonchev–Trinajstić information content (AvgIpc) is 3.30. The number of likely N-dealkylation sites (tertiary alicyclic amines) is 1. The lowest BCUT2D eigenvalue weighted by molar-refractivity contribution is -0.134. The van der Waals surface area contributed by atoms with Crippen LogP contribution in [0.25, 0.3) is 10.9 Å². The van der Waals surface area contributed by atoms with Gasteiger partial charge in [0.15, 0.2) is 0 Å². The Morgan fingerprint density at radius 3 is 3.04 bits per heavy atom. The van der Waals surface area contributed by atoms with E-state index in [9.17, 15) is 4.79 Å². The fourth-order valence-electron chi connectivity index (χ4n) is 3.89. The molecule has 0 radical (unpaired) electrons. The number of aromatic nitrogens is 3. The van der Waals surface area contributed by atoms with E-state index in [0.717, 1.165) is 48.8 Å². The van der Waals surface area contributed by atoms with Gasteiger partial charge in [0, 0.05) is 48.6 Å². The number of H-pyrrole nitrogens is 1. The van der Waals surface area contributed by atoms with Gasteiger partial charge in [-0.15, -0.1) is 0 Å². The first-order chi connectivity index (χ1) is 12.3. The molecule has 1 fully saturated rings. The Hall–Kier alpha value is -2.56. The van der Waals surface area contributed by atoms with Crippen molar-refractivity contribution in [2.75, 3.05) is 6.54 Å². The number of aryl methyl sites for hydroxylation is 1. The van der Waals surface area contributed by atoms with Crippen LogP contribution in [-0.4, -0.2) is 38.2 Å². The summed E-state index contributed by atoms with van der Waals surface area (Å²) in [6, 6.07) is 10.5. The zero-order valence-electron chi connectivity index (χ0n) is 14.4. The molecule has 4 rings (SSSR count). The molecule has 1 aliphatic rings. The molecule has 1 saturated heterocycles. The van der Waals surface area contributed by atoms with Gasteiger partial charge in [0.1, 0.15) is 0 Å². The Labute approximate surface area is 147 Å². The third-order valence-electron chi connectivity index (χ3n) is 5.21. The molecule has 2 aromatic heterocycles. The van der Waals surface area contributed by atoms with Crippen LogP contribution < -0.4 is 0 Å². The van der Waals surface area contributed by atoms with Gasteiger partial charge in [-0.3, -0.25) is 9.48 Å². The number of piperidine rings is 1. The number of nitrogens with zero attached hydrogens (tertiary/aromatic N) is 3. The Kier molecular flexibility index (Phi) is 4.55. The minimum absolute atomic E-state index is 0.245. The van der Waals surface area contributed by atoms with Gasteiger partial charge in [0.05, 0.1) is 6.42 Å².